The van der Waals surface area contributed by atoms with Crippen LogP contribution in [0.3, 0.4) is 0 Å². The van der Waals surface area contributed by atoms with Gasteiger partial charge in [-0.05, 0) is 43.4 Å². The molecule has 7 nitrogen and oxygen atoms in total. The number of hydrogen-bond acceptors (Lipinski definition) is 5. The number of rotatable bonds is 6. The highest BCUT2D eigenvalue weighted by Crippen LogP contribution is 2.40. The van der Waals surface area contributed by atoms with Gasteiger partial charge in [-0.25, -0.2) is 9.07 Å². The number of hydrogen-bond donors (Lipinski definition) is 1. The van der Waals surface area contributed by atoms with Gasteiger partial charge < -0.3 is 14.9 Å². The summed E-state index contributed by atoms with van der Waals surface area (Å²) >= 11 is 0. The number of piperidine rings is 1. The largest absolute Gasteiger partial charge is 0.383 e. The summed E-state index contributed by atoms with van der Waals surface area (Å²) in [6, 6.07) is 16.6. The van der Waals surface area contributed by atoms with Gasteiger partial charge in [-0.15, -0.1) is 5.10 Å². The number of likely N-dealkylation sites (tertiary alicyclic amines) is 2. The summed E-state index contributed by atoms with van der Waals surface area (Å²) in [6.45, 7) is 3.15. The predicted octanol–water partition coefficient (Wildman–Crippen LogP) is 4.26. The van der Waals surface area contributed by atoms with E-state index in [-0.39, 0.29) is 36.1 Å². The van der Waals surface area contributed by atoms with Crippen LogP contribution in [0.2, 0.25) is 0 Å². The maximum Gasteiger partial charge on any atom is 0.225 e. The van der Waals surface area contributed by atoms with E-state index in [0.29, 0.717) is 18.7 Å². The van der Waals surface area contributed by atoms with Crippen molar-refractivity contribution in [2.45, 2.75) is 50.2 Å². The lowest BCUT2D eigenvalue weighted by Crippen LogP contribution is -2.44. The van der Waals surface area contributed by atoms with Gasteiger partial charge >= 0.3 is 0 Å². The van der Waals surface area contributed by atoms with Crippen LogP contribution in [0, 0.1) is 17.7 Å². The second-order valence-corrected chi connectivity index (χ2v) is 11.3. The minimum atomic E-state index is -1.26. The molecule has 200 valence electrons. The second kappa shape index (κ2) is 10.6. The monoisotopic (exact) mass is 517 g/mol. The van der Waals surface area contributed by atoms with Crippen LogP contribution in [-0.4, -0.2) is 68.5 Å². The SMILES string of the molecule is O=C(C1CCCC1)N1C[C@H](CN2CCC(n3cc(-c4ccccc4)nn3)CC2)[C@@](O)(c2cccc(F)c2)C1. The van der Waals surface area contributed by atoms with Crippen LogP contribution in [0.15, 0.2) is 60.8 Å². The van der Waals surface area contributed by atoms with E-state index in [4.69, 9.17) is 0 Å². The highest BCUT2D eigenvalue weighted by atomic mass is 19.1. The number of nitrogens with zero attached hydrogens (tertiary/aromatic N) is 5. The second-order valence-electron chi connectivity index (χ2n) is 11.3. The average molecular weight is 518 g/mol. The van der Waals surface area contributed by atoms with E-state index < -0.39 is 5.60 Å². The molecule has 3 heterocycles. The van der Waals surface area contributed by atoms with Crippen LogP contribution in [0.4, 0.5) is 4.39 Å². The molecular formula is C30H36FN5O2. The van der Waals surface area contributed by atoms with Crippen molar-refractivity contribution >= 4 is 5.91 Å². The number of amides is 1. The summed E-state index contributed by atoms with van der Waals surface area (Å²) in [7, 11) is 0. The number of β-amino-alcohol motifs (C(OH)–C–C–N with tert-alkyl or cyclic N) is 1. The van der Waals surface area contributed by atoms with E-state index in [1.807, 2.05) is 46.1 Å². The van der Waals surface area contributed by atoms with Gasteiger partial charge in [0.2, 0.25) is 5.91 Å². The van der Waals surface area contributed by atoms with Crippen molar-refractivity contribution in [1.29, 1.82) is 0 Å². The van der Waals surface area contributed by atoms with Gasteiger partial charge in [0.25, 0.3) is 0 Å². The molecule has 1 amide bonds. The summed E-state index contributed by atoms with van der Waals surface area (Å²) in [6.07, 6.45) is 7.95. The Morgan fingerprint density at radius 2 is 1.79 bits per heavy atom. The summed E-state index contributed by atoms with van der Waals surface area (Å²) in [5, 5.41) is 20.8. The van der Waals surface area contributed by atoms with E-state index in [2.05, 4.69) is 15.2 Å². The fraction of sp³-hybridized carbons (Fsp3) is 0.500. The molecule has 38 heavy (non-hydrogen) atoms. The molecule has 0 radical (unpaired) electrons. The highest BCUT2D eigenvalue weighted by Gasteiger charge is 2.49. The summed E-state index contributed by atoms with van der Waals surface area (Å²) in [5.74, 6) is -0.329. The number of aromatic nitrogens is 3. The highest BCUT2D eigenvalue weighted by molar-refractivity contribution is 5.79. The summed E-state index contributed by atoms with van der Waals surface area (Å²) in [4.78, 5) is 17.5. The third kappa shape index (κ3) is 4.99. The van der Waals surface area contributed by atoms with Gasteiger partial charge in [0.05, 0.1) is 18.8 Å². The molecule has 1 aliphatic carbocycles. The van der Waals surface area contributed by atoms with E-state index in [0.717, 1.165) is 62.9 Å². The quantitative estimate of drug-likeness (QED) is 0.529. The Morgan fingerprint density at radius 1 is 1.03 bits per heavy atom. The van der Waals surface area contributed by atoms with Gasteiger partial charge in [-0.1, -0.05) is 60.5 Å². The molecule has 3 aliphatic rings. The van der Waals surface area contributed by atoms with Crippen molar-refractivity contribution in [3.63, 3.8) is 0 Å². The maximum atomic E-state index is 14.2. The Kier molecular flexibility index (Phi) is 7.01. The third-order valence-electron chi connectivity index (χ3n) is 8.88. The van der Waals surface area contributed by atoms with Crippen LogP contribution in [0.25, 0.3) is 11.3 Å². The van der Waals surface area contributed by atoms with Crippen LogP contribution in [0.1, 0.15) is 50.1 Å². The average Bonchev–Trinajstić information content (AvgIpc) is 3.71. The summed E-state index contributed by atoms with van der Waals surface area (Å²) in [5.41, 5.74) is 1.25. The normalized spacial score (nSPS) is 25.3. The van der Waals surface area contributed by atoms with Gasteiger partial charge in [0.15, 0.2) is 0 Å². The van der Waals surface area contributed by atoms with E-state index in [1.54, 1.807) is 12.1 Å². The lowest BCUT2D eigenvalue weighted by atomic mass is 9.83. The molecule has 2 aliphatic heterocycles. The van der Waals surface area contributed by atoms with Crippen molar-refractivity contribution in [2.24, 2.45) is 11.8 Å². The molecule has 6 rings (SSSR count). The van der Waals surface area contributed by atoms with E-state index in [1.165, 1.54) is 12.1 Å². The lowest BCUT2D eigenvalue weighted by Gasteiger charge is -2.37. The molecule has 0 spiro atoms. The smallest absolute Gasteiger partial charge is 0.225 e. The maximum absolute atomic E-state index is 14.2. The Bertz CT molecular complexity index is 1250. The van der Waals surface area contributed by atoms with Crippen LogP contribution in [-0.2, 0) is 10.4 Å². The van der Waals surface area contributed by atoms with E-state index in [9.17, 15) is 14.3 Å². The summed E-state index contributed by atoms with van der Waals surface area (Å²) < 4.78 is 16.2. The molecule has 2 atom stereocenters. The number of carbonyl (C=O) groups excluding carboxylic acids is 1. The first kappa shape index (κ1) is 25.2. The molecule has 1 aromatic heterocycles. The number of halogens is 1. The molecule has 1 N–H and O–H groups in total. The minimum Gasteiger partial charge on any atom is -0.383 e. The van der Waals surface area contributed by atoms with Crippen molar-refractivity contribution in [2.75, 3.05) is 32.7 Å². The van der Waals surface area contributed by atoms with Gasteiger partial charge in [-0.2, -0.15) is 0 Å². The van der Waals surface area contributed by atoms with Crippen LogP contribution >= 0.6 is 0 Å². The number of carbonyl (C=O) groups is 1. The fourth-order valence-corrected chi connectivity index (χ4v) is 6.67. The van der Waals surface area contributed by atoms with E-state index >= 15 is 0 Å². The zero-order valence-electron chi connectivity index (χ0n) is 21.8. The number of benzene rings is 2. The Hall–Kier alpha value is -3.10. The van der Waals surface area contributed by atoms with Crippen LogP contribution in [0.5, 0.6) is 0 Å². The first-order valence-electron chi connectivity index (χ1n) is 14.0. The molecule has 3 aromatic rings. The van der Waals surface area contributed by atoms with Crippen molar-refractivity contribution in [1.82, 2.24) is 24.8 Å². The van der Waals surface area contributed by atoms with Gasteiger partial charge in [0, 0.05) is 43.6 Å². The molecule has 1 saturated carbocycles. The zero-order valence-corrected chi connectivity index (χ0v) is 21.8. The Morgan fingerprint density at radius 3 is 2.53 bits per heavy atom. The van der Waals surface area contributed by atoms with Crippen LogP contribution < -0.4 is 0 Å². The predicted molar refractivity (Wildman–Crippen MR) is 142 cm³/mol. The minimum absolute atomic E-state index is 0.0599. The Balaban J connectivity index is 1.14. The van der Waals surface area contributed by atoms with Crippen molar-refractivity contribution in [3.8, 4) is 11.3 Å². The topological polar surface area (TPSA) is 74.5 Å². The third-order valence-corrected chi connectivity index (χ3v) is 8.88. The standard InChI is InChI=1S/C30H36FN5O2/c31-26-12-6-11-24(17-26)30(38)21-35(29(37)23-9-4-5-10-23)19-25(30)18-34-15-13-27(14-16-34)36-20-28(32-33-36)22-7-2-1-3-8-22/h1-3,6-8,11-12,17,20,23,25,27,38H,4-5,9-10,13-16,18-19,21H2/t25-,30-/m0/s1. The molecule has 0 bridgehead atoms. The molecule has 0 unspecified atom stereocenters. The van der Waals surface area contributed by atoms with Crippen molar-refractivity contribution < 1.29 is 14.3 Å². The first-order chi connectivity index (χ1) is 18.5. The molecule has 8 heteroatoms. The lowest BCUT2D eigenvalue weighted by molar-refractivity contribution is -0.135. The fourth-order valence-electron chi connectivity index (χ4n) is 6.67. The first-order valence-corrected chi connectivity index (χ1v) is 14.0. The molecule has 2 saturated heterocycles. The number of aliphatic hydroxyl groups is 1. The molecule has 2 aromatic carbocycles. The van der Waals surface area contributed by atoms with Gasteiger partial charge in [-0.3, -0.25) is 4.79 Å². The molecule has 3 fully saturated rings. The zero-order chi connectivity index (χ0) is 26.1. The Labute approximate surface area is 223 Å². The molecular weight excluding hydrogens is 481 g/mol. The van der Waals surface area contributed by atoms with Gasteiger partial charge in [0.1, 0.15) is 17.1 Å². The van der Waals surface area contributed by atoms with Crippen molar-refractivity contribution in [3.05, 3.63) is 72.2 Å².